The fraction of sp³-hybridized carbons (Fsp3) is 0.240. The molecule has 0 aliphatic carbocycles. The van der Waals surface area contributed by atoms with Crippen LogP contribution in [0.3, 0.4) is 0 Å². The smallest absolute Gasteiger partial charge is 0.251 e. The van der Waals surface area contributed by atoms with E-state index in [0.717, 1.165) is 11.1 Å². The van der Waals surface area contributed by atoms with Gasteiger partial charge in [-0.1, -0.05) is 24.1 Å². The van der Waals surface area contributed by atoms with E-state index in [1.54, 1.807) is 29.5 Å². The number of carbonyl (C=O) groups excluding carboxylic acids is 1. The van der Waals surface area contributed by atoms with Gasteiger partial charge >= 0.3 is 0 Å². The fourth-order valence-electron chi connectivity index (χ4n) is 3.67. The third-order valence-corrected chi connectivity index (χ3v) is 8.32. The lowest BCUT2D eigenvalue weighted by molar-refractivity contribution is 0.0954. The fourth-order valence-corrected chi connectivity index (χ4v) is 6.03. The summed E-state index contributed by atoms with van der Waals surface area (Å²) in [5.41, 5.74) is 2.42. The number of carbonyl (C=O) groups is 1. The summed E-state index contributed by atoms with van der Waals surface area (Å²) in [6.45, 7) is 1.45. The minimum Gasteiger partial charge on any atom is -0.481 e. The van der Waals surface area contributed by atoms with Crippen molar-refractivity contribution in [3.8, 4) is 18.1 Å². The molecule has 0 unspecified atom stereocenters. The zero-order valence-corrected chi connectivity index (χ0v) is 19.6. The molecule has 1 aliphatic heterocycles. The van der Waals surface area contributed by atoms with E-state index in [2.05, 4.69) is 11.2 Å². The average molecular weight is 481 g/mol. The first-order valence-electron chi connectivity index (χ1n) is 10.6. The Hall–Kier alpha value is -3.12. The van der Waals surface area contributed by atoms with Gasteiger partial charge in [0.15, 0.2) is 0 Å². The van der Waals surface area contributed by atoms with Crippen LogP contribution in [0, 0.1) is 12.3 Å². The summed E-state index contributed by atoms with van der Waals surface area (Å²) in [4.78, 5) is 14.0. The maximum atomic E-state index is 13.2. The van der Waals surface area contributed by atoms with Crippen LogP contribution in [0.25, 0.3) is 0 Å². The van der Waals surface area contributed by atoms with Crippen molar-refractivity contribution in [3.05, 3.63) is 81.5 Å². The molecule has 6 nitrogen and oxygen atoms in total. The number of benzene rings is 2. The van der Waals surface area contributed by atoms with Gasteiger partial charge in [-0.15, -0.1) is 17.8 Å². The Balaban J connectivity index is 1.36. The Kier molecular flexibility index (Phi) is 7.14. The van der Waals surface area contributed by atoms with E-state index < -0.39 is 10.0 Å². The zero-order chi connectivity index (χ0) is 23.3. The monoisotopic (exact) mass is 480 g/mol. The molecular formula is C25H24N2O4S2. The van der Waals surface area contributed by atoms with Gasteiger partial charge in [0.1, 0.15) is 12.4 Å². The number of thiophene rings is 1. The Morgan fingerprint density at radius 3 is 2.79 bits per heavy atom. The number of ether oxygens (including phenoxy) is 1. The molecule has 1 aromatic heterocycles. The molecule has 0 saturated heterocycles. The van der Waals surface area contributed by atoms with Crippen LogP contribution in [-0.2, 0) is 29.4 Å². The number of fused-ring (bicyclic) bond motifs is 1. The van der Waals surface area contributed by atoms with E-state index in [-0.39, 0.29) is 17.4 Å². The van der Waals surface area contributed by atoms with Crippen molar-refractivity contribution in [2.45, 2.75) is 24.3 Å². The molecular weight excluding hydrogens is 456 g/mol. The van der Waals surface area contributed by atoms with Gasteiger partial charge in [-0.3, -0.25) is 4.79 Å². The lowest BCUT2D eigenvalue weighted by atomic mass is 10.1. The molecule has 170 valence electrons. The van der Waals surface area contributed by atoms with Crippen molar-refractivity contribution in [3.63, 3.8) is 0 Å². The van der Waals surface area contributed by atoms with E-state index in [0.29, 0.717) is 43.8 Å². The normalized spacial score (nSPS) is 13.7. The third kappa shape index (κ3) is 5.45. The molecule has 3 aromatic rings. The molecule has 0 fully saturated rings. The first-order valence-corrected chi connectivity index (χ1v) is 12.9. The SMILES string of the molecule is C#CCOc1ccc(CCNC(=O)c2cccc(S(=O)(=O)N3CCc4sccc4C3)c2)cc1. The highest BCUT2D eigenvalue weighted by Crippen LogP contribution is 2.28. The molecule has 0 saturated carbocycles. The highest BCUT2D eigenvalue weighted by molar-refractivity contribution is 7.89. The molecule has 0 bridgehead atoms. The molecule has 0 spiro atoms. The number of terminal acetylenes is 1. The van der Waals surface area contributed by atoms with E-state index in [9.17, 15) is 13.2 Å². The van der Waals surface area contributed by atoms with E-state index in [1.165, 1.54) is 15.2 Å². The van der Waals surface area contributed by atoms with Crippen LogP contribution in [-0.4, -0.2) is 38.3 Å². The molecule has 1 N–H and O–H groups in total. The molecule has 0 atom stereocenters. The van der Waals surface area contributed by atoms with Gasteiger partial charge in [0, 0.05) is 30.1 Å². The number of nitrogens with zero attached hydrogens (tertiary/aromatic N) is 1. The second-order valence-electron chi connectivity index (χ2n) is 7.63. The summed E-state index contributed by atoms with van der Waals surface area (Å²) >= 11 is 1.66. The highest BCUT2D eigenvalue weighted by Gasteiger charge is 2.29. The highest BCUT2D eigenvalue weighted by atomic mass is 32.2. The standard InChI is InChI=1S/C25H24N2O4S2/c1-2-15-31-22-8-6-19(7-9-22)10-13-26-25(28)20-4-3-5-23(17-20)33(29,30)27-14-11-24-21(18-27)12-16-32-24/h1,3-9,12,16-17H,10-11,13-15,18H2,(H,26,28). The Bertz CT molecular complexity index is 1270. The topological polar surface area (TPSA) is 75.7 Å². The van der Waals surface area contributed by atoms with Gasteiger partial charge in [0.2, 0.25) is 10.0 Å². The van der Waals surface area contributed by atoms with Crippen LogP contribution in [0.5, 0.6) is 5.75 Å². The van der Waals surface area contributed by atoms with Crippen molar-refractivity contribution in [1.29, 1.82) is 0 Å². The summed E-state index contributed by atoms with van der Waals surface area (Å²) in [5, 5.41) is 4.85. The van der Waals surface area contributed by atoms with Gasteiger partial charge in [-0.2, -0.15) is 4.31 Å². The molecule has 1 aliphatic rings. The summed E-state index contributed by atoms with van der Waals surface area (Å²) in [5.74, 6) is 2.81. The van der Waals surface area contributed by atoms with Gasteiger partial charge in [0.05, 0.1) is 4.90 Å². The maximum absolute atomic E-state index is 13.2. The molecule has 1 amide bonds. The van der Waals surface area contributed by atoms with Crippen molar-refractivity contribution < 1.29 is 17.9 Å². The van der Waals surface area contributed by atoms with Crippen LogP contribution >= 0.6 is 11.3 Å². The lowest BCUT2D eigenvalue weighted by Gasteiger charge is -2.26. The van der Waals surface area contributed by atoms with Crippen LogP contribution in [0.2, 0.25) is 0 Å². The van der Waals surface area contributed by atoms with Gasteiger partial charge in [-0.05, 0) is 65.7 Å². The van der Waals surface area contributed by atoms with E-state index >= 15 is 0 Å². The second kappa shape index (κ2) is 10.2. The van der Waals surface area contributed by atoms with Gasteiger partial charge in [-0.25, -0.2) is 8.42 Å². The number of rotatable bonds is 8. The van der Waals surface area contributed by atoms with E-state index in [4.69, 9.17) is 11.2 Å². The summed E-state index contributed by atoms with van der Waals surface area (Å²) in [7, 11) is -3.68. The Labute approximate surface area is 198 Å². The first-order chi connectivity index (χ1) is 16.0. The second-order valence-corrected chi connectivity index (χ2v) is 10.6. The molecule has 4 rings (SSSR count). The predicted octanol–water partition coefficient (Wildman–Crippen LogP) is 3.48. The number of amides is 1. The summed E-state index contributed by atoms with van der Waals surface area (Å²) in [6.07, 6.45) is 6.53. The number of sulfonamides is 1. The lowest BCUT2D eigenvalue weighted by Crippen LogP contribution is -2.35. The number of nitrogens with one attached hydrogen (secondary N) is 1. The quantitative estimate of drug-likeness (QED) is 0.501. The molecule has 0 radical (unpaired) electrons. The van der Waals surface area contributed by atoms with Crippen LogP contribution in [0.15, 0.2) is 64.9 Å². The predicted molar refractivity (Wildman–Crippen MR) is 129 cm³/mol. The van der Waals surface area contributed by atoms with E-state index in [1.807, 2.05) is 35.7 Å². The number of hydrogen-bond acceptors (Lipinski definition) is 5. The Morgan fingerprint density at radius 1 is 1.18 bits per heavy atom. The largest absolute Gasteiger partial charge is 0.481 e. The van der Waals surface area contributed by atoms with Crippen molar-refractivity contribution in [2.75, 3.05) is 19.7 Å². The number of hydrogen-bond donors (Lipinski definition) is 1. The van der Waals surface area contributed by atoms with Crippen molar-refractivity contribution >= 4 is 27.3 Å². The molecule has 33 heavy (non-hydrogen) atoms. The first kappa shape index (κ1) is 23.1. The molecule has 2 aromatic carbocycles. The minimum absolute atomic E-state index is 0.136. The summed E-state index contributed by atoms with van der Waals surface area (Å²) in [6, 6.07) is 15.7. The average Bonchev–Trinajstić information content (AvgIpc) is 3.31. The van der Waals surface area contributed by atoms with Crippen LogP contribution < -0.4 is 10.1 Å². The minimum atomic E-state index is -3.68. The molecule has 2 heterocycles. The third-order valence-electron chi connectivity index (χ3n) is 5.45. The summed E-state index contributed by atoms with van der Waals surface area (Å²) < 4.78 is 33.2. The zero-order valence-electron chi connectivity index (χ0n) is 18.0. The van der Waals surface area contributed by atoms with Gasteiger partial charge < -0.3 is 10.1 Å². The molecule has 8 heteroatoms. The van der Waals surface area contributed by atoms with Crippen molar-refractivity contribution in [2.24, 2.45) is 0 Å². The van der Waals surface area contributed by atoms with Crippen LogP contribution in [0.1, 0.15) is 26.4 Å². The van der Waals surface area contributed by atoms with Crippen LogP contribution in [0.4, 0.5) is 0 Å². The maximum Gasteiger partial charge on any atom is 0.251 e. The Morgan fingerprint density at radius 2 is 2.00 bits per heavy atom. The van der Waals surface area contributed by atoms with Crippen molar-refractivity contribution in [1.82, 2.24) is 9.62 Å². The van der Waals surface area contributed by atoms with Gasteiger partial charge in [0.25, 0.3) is 5.91 Å².